The number of fused-ring (bicyclic) bond motifs is 1. The Morgan fingerprint density at radius 1 is 1.16 bits per heavy atom. The number of hydrogen-bond acceptors (Lipinski definition) is 6. The molecular formula is C21H18FN5O3S. The Bertz CT molecular complexity index is 1370. The topological polar surface area (TPSA) is 89.2 Å². The highest BCUT2D eigenvalue weighted by Crippen LogP contribution is 2.27. The van der Waals surface area contributed by atoms with Gasteiger partial charge in [0.25, 0.3) is 10.0 Å². The van der Waals surface area contributed by atoms with Gasteiger partial charge < -0.3 is 4.74 Å². The largest absolute Gasteiger partial charge is 0.495 e. The van der Waals surface area contributed by atoms with Crippen molar-refractivity contribution >= 4 is 21.9 Å². The van der Waals surface area contributed by atoms with E-state index in [9.17, 15) is 12.8 Å². The molecule has 10 heteroatoms. The van der Waals surface area contributed by atoms with Crippen molar-refractivity contribution in [1.82, 2.24) is 18.8 Å². The molecule has 3 heterocycles. The minimum Gasteiger partial charge on any atom is -0.495 e. The Balaban J connectivity index is 1.67. The maximum absolute atomic E-state index is 13.6. The Kier molecular flexibility index (Phi) is 5.38. The van der Waals surface area contributed by atoms with Gasteiger partial charge in [-0.05, 0) is 36.4 Å². The lowest BCUT2D eigenvalue weighted by atomic mass is 10.1. The van der Waals surface area contributed by atoms with Gasteiger partial charge in [0.05, 0.1) is 25.2 Å². The Labute approximate surface area is 178 Å². The second-order valence-electron chi connectivity index (χ2n) is 6.55. The van der Waals surface area contributed by atoms with E-state index in [0.29, 0.717) is 11.3 Å². The molecule has 0 aliphatic carbocycles. The maximum Gasteiger partial charge on any atom is 0.282 e. The second-order valence-corrected chi connectivity index (χ2v) is 8.47. The van der Waals surface area contributed by atoms with Crippen molar-refractivity contribution in [2.45, 2.75) is 4.90 Å². The number of hydrogen-bond donors (Lipinski definition) is 0. The highest BCUT2D eigenvalue weighted by Gasteiger charge is 2.24. The van der Waals surface area contributed by atoms with Gasteiger partial charge in [-0.2, -0.15) is 17.9 Å². The first kappa shape index (κ1) is 20.5. The minimum absolute atomic E-state index is 0.0272. The molecule has 158 valence electrons. The van der Waals surface area contributed by atoms with E-state index in [4.69, 9.17) is 4.74 Å². The molecule has 4 aromatic rings. The molecule has 0 atom stereocenters. The van der Waals surface area contributed by atoms with E-state index in [2.05, 4.69) is 15.1 Å². The fourth-order valence-corrected chi connectivity index (χ4v) is 4.12. The number of rotatable bonds is 6. The SMILES string of the molecule is COc1ccc(F)cc1S(=O)(=O)N(C)N=Cc1cnc2ccc(-c3cccnc3)cn12. The van der Waals surface area contributed by atoms with Gasteiger partial charge >= 0.3 is 0 Å². The van der Waals surface area contributed by atoms with Crippen LogP contribution in [0.1, 0.15) is 5.69 Å². The zero-order valence-electron chi connectivity index (χ0n) is 16.7. The molecule has 0 spiro atoms. The Hall–Kier alpha value is -3.79. The van der Waals surface area contributed by atoms with Crippen LogP contribution in [0.2, 0.25) is 0 Å². The van der Waals surface area contributed by atoms with E-state index in [1.807, 2.05) is 30.5 Å². The number of aromatic nitrogens is 3. The van der Waals surface area contributed by atoms with Gasteiger partial charge in [-0.25, -0.2) is 9.37 Å². The van der Waals surface area contributed by atoms with Gasteiger partial charge in [0, 0.05) is 36.8 Å². The van der Waals surface area contributed by atoms with Gasteiger partial charge in [-0.15, -0.1) is 0 Å². The molecule has 0 saturated heterocycles. The van der Waals surface area contributed by atoms with Gasteiger partial charge in [0.1, 0.15) is 22.1 Å². The van der Waals surface area contributed by atoms with Gasteiger partial charge in [0.15, 0.2) is 0 Å². The number of methoxy groups -OCH3 is 1. The summed E-state index contributed by atoms with van der Waals surface area (Å²) in [5.74, 6) is -0.666. The van der Waals surface area contributed by atoms with Crippen molar-refractivity contribution in [1.29, 1.82) is 0 Å². The molecule has 0 N–H and O–H groups in total. The summed E-state index contributed by atoms with van der Waals surface area (Å²) in [7, 11) is -1.55. The van der Waals surface area contributed by atoms with Crippen LogP contribution in [-0.4, -0.2) is 47.6 Å². The first-order valence-corrected chi connectivity index (χ1v) is 10.6. The predicted molar refractivity (Wildman–Crippen MR) is 114 cm³/mol. The van der Waals surface area contributed by atoms with Crippen molar-refractivity contribution in [2.24, 2.45) is 5.10 Å². The summed E-state index contributed by atoms with van der Waals surface area (Å²) in [6.07, 6.45) is 8.26. The number of imidazole rings is 1. The van der Waals surface area contributed by atoms with Gasteiger partial charge in [0.2, 0.25) is 0 Å². The van der Waals surface area contributed by atoms with Crippen LogP contribution in [0.15, 0.2) is 77.2 Å². The van der Waals surface area contributed by atoms with Crippen molar-refractivity contribution in [2.75, 3.05) is 14.2 Å². The average molecular weight is 439 g/mol. The quantitative estimate of drug-likeness (QED) is 0.340. The average Bonchev–Trinajstić information content (AvgIpc) is 3.20. The number of sulfonamides is 1. The molecule has 31 heavy (non-hydrogen) atoms. The van der Waals surface area contributed by atoms with Crippen LogP contribution < -0.4 is 4.74 Å². The monoisotopic (exact) mass is 439 g/mol. The molecule has 3 aromatic heterocycles. The number of pyridine rings is 2. The van der Waals surface area contributed by atoms with E-state index < -0.39 is 15.8 Å². The number of nitrogens with zero attached hydrogens (tertiary/aromatic N) is 5. The predicted octanol–water partition coefficient (Wildman–Crippen LogP) is 3.20. The van der Waals surface area contributed by atoms with E-state index in [-0.39, 0.29) is 10.6 Å². The lowest BCUT2D eigenvalue weighted by Crippen LogP contribution is -2.22. The number of hydrazone groups is 1. The van der Waals surface area contributed by atoms with Gasteiger partial charge in [-0.3, -0.25) is 9.38 Å². The highest BCUT2D eigenvalue weighted by atomic mass is 32.2. The zero-order valence-corrected chi connectivity index (χ0v) is 17.5. The molecule has 8 nitrogen and oxygen atoms in total. The minimum atomic E-state index is -4.13. The summed E-state index contributed by atoms with van der Waals surface area (Å²) in [6, 6.07) is 10.8. The number of benzene rings is 1. The first-order valence-electron chi connectivity index (χ1n) is 9.14. The van der Waals surface area contributed by atoms with Crippen LogP contribution in [0.5, 0.6) is 5.75 Å². The highest BCUT2D eigenvalue weighted by molar-refractivity contribution is 7.89. The summed E-state index contributed by atoms with van der Waals surface area (Å²) in [5, 5.41) is 4.04. The van der Waals surface area contributed by atoms with Crippen LogP contribution in [0.3, 0.4) is 0 Å². The molecule has 4 rings (SSSR count). The molecule has 0 saturated carbocycles. The third-order valence-corrected chi connectivity index (χ3v) is 6.30. The molecule has 0 unspecified atom stereocenters. The molecule has 0 amide bonds. The summed E-state index contributed by atoms with van der Waals surface area (Å²) in [5.41, 5.74) is 3.08. The van der Waals surface area contributed by atoms with E-state index in [0.717, 1.165) is 27.7 Å². The molecule has 0 bridgehead atoms. The fourth-order valence-electron chi connectivity index (χ4n) is 3.00. The summed E-state index contributed by atoms with van der Waals surface area (Å²) in [6.45, 7) is 0. The second kappa shape index (κ2) is 8.15. The molecule has 1 aromatic carbocycles. The Morgan fingerprint density at radius 3 is 2.74 bits per heavy atom. The molecule has 0 aliphatic rings. The fraction of sp³-hybridized carbons (Fsp3) is 0.0952. The van der Waals surface area contributed by atoms with Crippen molar-refractivity contribution in [3.8, 4) is 16.9 Å². The van der Waals surface area contributed by atoms with E-state index in [1.165, 1.54) is 26.4 Å². The van der Waals surface area contributed by atoms with Crippen LogP contribution in [0.25, 0.3) is 16.8 Å². The zero-order chi connectivity index (χ0) is 22.0. The van der Waals surface area contributed by atoms with Crippen molar-refractivity contribution in [3.05, 3.63) is 78.8 Å². The standard InChI is InChI=1S/C21H18FN5O3S/c1-26(31(28,29)20-10-17(22)6-7-19(20)30-2)25-13-18-12-24-21-8-5-16(14-27(18)21)15-4-3-9-23-11-15/h3-14H,1-2H3. The first-order chi connectivity index (χ1) is 14.9. The summed E-state index contributed by atoms with van der Waals surface area (Å²) >= 11 is 0. The van der Waals surface area contributed by atoms with Crippen molar-refractivity contribution in [3.63, 3.8) is 0 Å². The van der Waals surface area contributed by atoms with Crippen LogP contribution in [0, 0.1) is 5.82 Å². The third-order valence-electron chi connectivity index (χ3n) is 4.63. The Morgan fingerprint density at radius 2 is 2.00 bits per heavy atom. The summed E-state index contributed by atoms with van der Waals surface area (Å²) in [4.78, 5) is 8.12. The smallest absolute Gasteiger partial charge is 0.282 e. The third kappa shape index (κ3) is 3.97. The number of ether oxygens (including phenoxy) is 1. The normalized spacial score (nSPS) is 11.8. The lowest BCUT2D eigenvalue weighted by Gasteiger charge is -2.15. The maximum atomic E-state index is 13.6. The lowest BCUT2D eigenvalue weighted by molar-refractivity contribution is 0.397. The molecule has 0 aliphatic heterocycles. The summed E-state index contributed by atoms with van der Waals surface area (Å²) < 4.78 is 47.0. The molecule has 0 radical (unpaired) electrons. The van der Waals surface area contributed by atoms with Crippen LogP contribution in [0.4, 0.5) is 4.39 Å². The molecular weight excluding hydrogens is 421 g/mol. The van der Waals surface area contributed by atoms with E-state index in [1.54, 1.807) is 23.0 Å². The van der Waals surface area contributed by atoms with Crippen LogP contribution >= 0.6 is 0 Å². The van der Waals surface area contributed by atoms with E-state index >= 15 is 0 Å². The van der Waals surface area contributed by atoms with Crippen molar-refractivity contribution < 1.29 is 17.5 Å². The number of halogens is 1. The molecule has 0 fully saturated rings. The van der Waals surface area contributed by atoms with Crippen LogP contribution in [-0.2, 0) is 10.0 Å². The van der Waals surface area contributed by atoms with Gasteiger partial charge in [-0.1, -0.05) is 6.07 Å².